The summed E-state index contributed by atoms with van der Waals surface area (Å²) >= 11 is 0. The monoisotopic (exact) mass is 914 g/mol. The molecule has 354 valence electrons. The minimum Gasteiger partial charge on any atom is -0.462 e. The van der Waals surface area contributed by atoms with E-state index in [2.05, 4.69) is 88.9 Å². The highest BCUT2D eigenvalue weighted by Crippen LogP contribution is 2.43. The molecule has 0 spiro atoms. The van der Waals surface area contributed by atoms with Crippen LogP contribution in [0.3, 0.4) is 0 Å². The lowest BCUT2D eigenvalue weighted by atomic mass is 10.1. The van der Waals surface area contributed by atoms with Crippen LogP contribution < -0.4 is 0 Å². The van der Waals surface area contributed by atoms with Gasteiger partial charge in [0.15, 0.2) is 6.10 Å². The molecule has 0 aliphatic carbocycles. The third-order valence-corrected chi connectivity index (χ3v) is 9.89. The number of rotatable bonds is 40. The van der Waals surface area contributed by atoms with Crippen molar-refractivity contribution in [2.45, 2.75) is 154 Å². The van der Waals surface area contributed by atoms with Gasteiger partial charge >= 0.3 is 27.6 Å². The second-order valence-corrected chi connectivity index (χ2v) is 17.2. The molecule has 0 radical (unpaired) electrons. The Morgan fingerprint density at radius 1 is 0.516 bits per heavy atom. The fourth-order valence-corrected chi connectivity index (χ4v) is 6.27. The second kappa shape index (κ2) is 40.8. The van der Waals surface area contributed by atoms with Gasteiger partial charge in [-0.05, 0) is 103 Å². The number of esters is 2. The molecule has 5 N–H and O–H groups in total. The normalized spacial score (nSPS) is 15.4. The van der Waals surface area contributed by atoms with Crippen LogP contribution in [0.25, 0.3) is 0 Å². The van der Waals surface area contributed by atoms with Crippen LogP contribution in [-0.4, -0.2) is 81.6 Å². The predicted octanol–water partition coefficient (Wildman–Crippen LogP) is 10.3. The van der Waals surface area contributed by atoms with Crippen molar-refractivity contribution in [3.8, 4) is 0 Å². The molecule has 0 fully saturated rings. The first-order chi connectivity index (χ1) is 29.7. The fraction of sp³-hybridized carbons (Fsp3) is 0.609. The summed E-state index contributed by atoms with van der Waals surface area (Å²) in [7, 11) is -9.73. The van der Waals surface area contributed by atoms with Gasteiger partial charge in [-0.1, -0.05) is 117 Å². The molecule has 0 aliphatic heterocycles. The summed E-state index contributed by atoms with van der Waals surface area (Å²) in [4.78, 5) is 52.7. The number of ether oxygens (including phenoxy) is 2. The van der Waals surface area contributed by atoms with Crippen LogP contribution in [0.2, 0.25) is 0 Å². The first-order valence-corrected chi connectivity index (χ1v) is 25.0. The van der Waals surface area contributed by atoms with E-state index in [4.69, 9.17) is 23.8 Å². The Hall–Kier alpha value is -3.00. The Balaban J connectivity index is 4.72. The van der Waals surface area contributed by atoms with Crippen molar-refractivity contribution < 1.29 is 66.7 Å². The van der Waals surface area contributed by atoms with E-state index in [9.17, 15) is 33.8 Å². The summed E-state index contributed by atoms with van der Waals surface area (Å²) in [5, 5.41) is 19.0. The van der Waals surface area contributed by atoms with E-state index in [0.717, 1.165) is 64.2 Å². The van der Waals surface area contributed by atoms with Crippen molar-refractivity contribution in [1.82, 2.24) is 0 Å². The van der Waals surface area contributed by atoms with Crippen molar-refractivity contribution in [1.29, 1.82) is 0 Å². The fourth-order valence-electron chi connectivity index (χ4n) is 5.11. The molecular formula is C46H76O14P2. The van der Waals surface area contributed by atoms with Crippen LogP contribution in [0.5, 0.6) is 0 Å². The van der Waals surface area contributed by atoms with Crippen molar-refractivity contribution >= 4 is 27.6 Å². The van der Waals surface area contributed by atoms with Crippen molar-refractivity contribution in [3.63, 3.8) is 0 Å². The lowest BCUT2D eigenvalue weighted by Gasteiger charge is -2.20. The molecule has 0 aromatic heterocycles. The quantitative estimate of drug-likeness (QED) is 0.0167. The lowest BCUT2D eigenvalue weighted by molar-refractivity contribution is -0.161. The van der Waals surface area contributed by atoms with Gasteiger partial charge in [0.1, 0.15) is 12.7 Å². The first kappa shape index (κ1) is 59.0. The summed E-state index contributed by atoms with van der Waals surface area (Å²) in [6.45, 7) is 1.13. The molecule has 14 nitrogen and oxygen atoms in total. The zero-order chi connectivity index (χ0) is 46.0. The minimum absolute atomic E-state index is 0.0319. The number of carbonyl (C=O) groups is 2. The summed E-state index contributed by atoms with van der Waals surface area (Å²) in [5.74, 6) is -1.19. The molecule has 0 heterocycles. The van der Waals surface area contributed by atoms with Gasteiger partial charge in [0.25, 0.3) is 0 Å². The van der Waals surface area contributed by atoms with Crippen LogP contribution in [0.4, 0.5) is 0 Å². The second-order valence-electron chi connectivity index (χ2n) is 14.5. The molecule has 62 heavy (non-hydrogen) atoms. The molecule has 4 atom stereocenters. The molecule has 0 bridgehead atoms. The van der Waals surface area contributed by atoms with Crippen LogP contribution >= 0.6 is 15.6 Å². The SMILES string of the molecule is CCCCC/C=C\C/C=C\C/C=C\C/C=C\CCCC(=O)O[C@H](COC(=O)CCC/C=C\C/C=C\C/C=C\C/C=C\CCC[C@@H](C)O)COP(=O)(O)OC[C@@H](O)COP(=O)(O)O. The number of phosphoric ester groups is 2. The third kappa shape index (κ3) is 45.0. The molecule has 0 aliphatic rings. The van der Waals surface area contributed by atoms with E-state index in [0.29, 0.717) is 25.7 Å². The van der Waals surface area contributed by atoms with Gasteiger partial charge in [-0.3, -0.25) is 23.2 Å². The highest BCUT2D eigenvalue weighted by molar-refractivity contribution is 7.47. The Bertz CT molecular complexity index is 1480. The smallest absolute Gasteiger partial charge is 0.462 e. The van der Waals surface area contributed by atoms with Crippen molar-refractivity contribution in [2.24, 2.45) is 0 Å². The van der Waals surface area contributed by atoms with E-state index >= 15 is 0 Å². The number of hydrogen-bond donors (Lipinski definition) is 5. The number of aliphatic hydroxyl groups is 2. The number of carbonyl (C=O) groups excluding carboxylic acids is 2. The molecule has 16 heteroatoms. The van der Waals surface area contributed by atoms with Gasteiger partial charge < -0.3 is 34.4 Å². The first-order valence-electron chi connectivity index (χ1n) is 22.0. The van der Waals surface area contributed by atoms with Gasteiger partial charge in [0.05, 0.1) is 25.9 Å². The van der Waals surface area contributed by atoms with Gasteiger partial charge in [-0.15, -0.1) is 0 Å². The van der Waals surface area contributed by atoms with Gasteiger partial charge in [-0.2, -0.15) is 0 Å². The number of hydrogen-bond acceptors (Lipinski definition) is 11. The molecule has 0 amide bonds. The van der Waals surface area contributed by atoms with Crippen LogP contribution in [0.1, 0.15) is 136 Å². The van der Waals surface area contributed by atoms with E-state index in [-0.39, 0.29) is 18.9 Å². The minimum atomic E-state index is -4.88. The third-order valence-electron chi connectivity index (χ3n) is 8.45. The van der Waals surface area contributed by atoms with Gasteiger partial charge in [0.2, 0.25) is 0 Å². The number of aliphatic hydroxyl groups excluding tert-OH is 2. The zero-order valence-corrected chi connectivity index (χ0v) is 38.8. The Morgan fingerprint density at radius 2 is 0.919 bits per heavy atom. The Kier molecular flexibility index (Phi) is 38.8. The predicted molar refractivity (Wildman–Crippen MR) is 245 cm³/mol. The van der Waals surface area contributed by atoms with Crippen LogP contribution in [-0.2, 0) is 41.8 Å². The van der Waals surface area contributed by atoms with Crippen molar-refractivity contribution in [2.75, 3.05) is 26.4 Å². The molecule has 0 aromatic carbocycles. The summed E-state index contributed by atoms with van der Waals surface area (Å²) < 4.78 is 47.6. The highest BCUT2D eigenvalue weighted by Gasteiger charge is 2.28. The van der Waals surface area contributed by atoms with Gasteiger partial charge in [0, 0.05) is 12.8 Å². The summed E-state index contributed by atoms with van der Waals surface area (Å²) in [6, 6.07) is 0. The van der Waals surface area contributed by atoms with E-state index in [1.807, 2.05) is 24.3 Å². The largest absolute Gasteiger partial charge is 0.472 e. The molecule has 0 rings (SSSR count). The van der Waals surface area contributed by atoms with E-state index in [1.165, 1.54) is 19.3 Å². The molecule has 0 saturated carbocycles. The molecule has 0 aromatic rings. The number of allylic oxidation sites excluding steroid dienone is 16. The maximum Gasteiger partial charge on any atom is 0.472 e. The topological polar surface area (TPSA) is 216 Å². The maximum atomic E-state index is 12.6. The average Bonchev–Trinajstić information content (AvgIpc) is 3.22. The number of phosphoric acid groups is 2. The Labute approximate surface area is 371 Å². The van der Waals surface area contributed by atoms with E-state index in [1.54, 1.807) is 6.92 Å². The summed E-state index contributed by atoms with van der Waals surface area (Å²) in [5.41, 5.74) is 0. The number of unbranched alkanes of at least 4 members (excludes halogenated alkanes) is 6. The maximum absolute atomic E-state index is 12.6. The lowest BCUT2D eigenvalue weighted by Crippen LogP contribution is -2.29. The average molecular weight is 915 g/mol. The Morgan fingerprint density at radius 3 is 1.37 bits per heavy atom. The molecule has 1 unspecified atom stereocenters. The molecule has 0 saturated heterocycles. The highest BCUT2D eigenvalue weighted by atomic mass is 31.2. The van der Waals surface area contributed by atoms with E-state index < -0.39 is 66.2 Å². The van der Waals surface area contributed by atoms with Crippen molar-refractivity contribution in [3.05, 3.63) is 97.2 Å². The molecular weight excluding hydrogens is 838 g/mol. The van der Waals surface area contributed by atoms with Crippen LogP contribution in [0.15, 0.2) is 97.2 Å². The standard InChI is InChI=1S/C46H76O14P2/c1-3-4-5-6-7-8-9-10-11-12-15-19-22-25-28-31-34-37-46(50)60-44(41-59-62(54,55)58-39-43(48)38-57-61(51,52)53)40-56-45(49)36-33-30-27-24-21-18-16-13-14-17-20-23-26-29-32-35-42(2)47/h7-8,10-11,14-19,23-28,42-44,47-48H,3-6,9,12-13,20-22,29-41H2,1-2H3,(H,54,55)(H2,51,52,53)/b8-7-,11-10-,17-14-,18-16-,19-15-,26-23-,27-24-,28-25-/t42-,43+,44-/m1/s1. The van der Waals surface area contributed by atoms with Crippen LogP contribution in [0, 0.1) is 0 Å². The van der Waals surface area contributed by atoms with Gasteiger partial charge in [-0.25, -0.2) is 9.13 Å². The zero-order valence-electron chi connectivity index (χ0n) is 37.0. The summed E-state index contributed by atoms with van der Waals surface area (Å²) in [6.07, 6.45) is 45.4.